The van der Waals surface area contributed by atoms with Crippen LogP contribution in [0.1, 0.15) is 56.2 Å². The Morgan fingerprint density at radius 1 is 0.969 bits per heavy atom. The monoisotopic (exact) mass is 428 g/mol. The van der Waals surface area contributed by atoms with Crippen LogP contribution >= 0.6 is 0 Å². The molecule has 0 radical (unpaired) electrons. The summed E-state index contributed by atoms with van der Waals surface area (Å²) in [7, 11) is 3.12. The molecule has 1 aliphatic rings. The highest BCUT2D eigenvalue weighted by molar-refractivity contribution is 6.07. The zero-order valence-electron chi connectivity index (χ0n) is 18.1. The van der Waals surface area contributed by atoms with E-state index >= 15 is 0 Å². The number of pyridine rings is 1. The number of hydrogen-bond acceptors (Lipinski definition) is 6. The number of carbonyl (C=O) groups is 2. The Balaban J connectivity index is 1.67. The maximum Gasteiger partial charge on any atom is 0.170 e. The molecular formula is C26H24N2O4. The topological polar surface area (TPSA) is 77.9 Å². The van der Waals surface area contributed by atoms with Crippen molar-refractivity contribution in [1.29, 1.82) is 0 Å². The lowest BCUT2D eigenvalue weighted by Gasteiger charge is -2.17. The number of nitrogens with zero attached hydrogens (tertiary/aromatic N) is 2. The van der Waals surface area contributed by atoms with Crippen LogP contribution in [0.2, 0.25) is 0 Å². The van der Waals surface area contributed by atoms with Crippen LogP contribution in [0.25, 0.3) is 0 Å². The molecule has 1 unspecified atom stereocenters. The van der Waals surface area contributed by atoms with Crippen LogP contribution in [0.5, 0.6) is 5.75 Å². The molecule has 0 N–H and O–H groups in total. The molecule has 2 aromatic carbocycles. The van der Waals surface area contributed by atoms with Gasteiger partial charge in [-0.05, 0) is 60.4 Å². The highest BCUT2D eigenvalue weighted by Gasteiger charge is 2.28. The second-order valence-corrected chi connectivity index (χ2v) is 7.65. The lowest BCUT2D eigenvalue weighted by molar-refractivity contribution is 0.0893. The third-order valence-corrected chi connectivity index (χ3v) is 5.76. The van der Waals surface area contributed by atoms with Gasteiger partial charge in [0, 0.05) is 35.5 Å². The Bertz CT molecular complexity index is 1150. The minimum Gasteiger partial charge on any atom is -0.497 e. The minimum atomic E-state index is -0.597. The van der Waals surface area contributed by atoms with Gasteiger partial charge in [0.1, 0.15) is 12.9 Å². The SMILES string of the molecule is CO/N=C1/CCc2cc(C(CC(=O)c3ccc(OC)cc3)C(=O)c3ccncc3)ccc21. The van der Waals surface area contributed by atoms with Gasteiger partial charge in [-0.3, -0.25) is 14.6 Å². The van der Waals surface area contributed by atoms with Crippen molar-refractivity contribution in [3.05, 3.63) is 94.8 Å². The van der Waals surface area contributed by atoms with E-state index in [1.54, 1.807) is 55.9 Å². The second kappa shape index (κ2) is 9.56. The van der Waals surface area contributed by atoms with Gasteiger partial charge >= 0.3 is 0 Å². The van der Waals surface area contributed by atoms with Crippen LogP contribution in [0.4, 0.5) is 0 Å². The summed E-state index contributed by atoms with van der Waals surface area (Å²) in [5.41, 5.74) is 4.96. The average Bonchev–Trinajstić information content (AvgIpc) is 3.25. The molecule has 32 heavy (non-hydrogen) atoms. The Kier molecular flexibility index (Phi) is 6.40. The fourth-order valence-corrected chi connectivity index (χ4v) is 4.07. The van der Waals surface area contributed by atoms with E-state index in [1.807, 2.05) is 18.2 Å². The van der Waals surface area contributed by atoms with E-state index in [2.05, 4.69) is 10.1 Å². The van der Waals surface area contributed by atoms with Gasteiger partial charge in [-0.25, -0.2) is 0 Å². The molecule has 162 valence electrons. The molecule has 0 bridgehead atoms. The molecular weight excluding hydrogens is 404 g/mol. The van der Waals surface area contributed by atoms with Crippen molar-refractivity contribution in [2.75, 3.05) is 14.2 Å². The number of oxime groups is 1. The standard InChI is InChI=1S/C26H24N2O4/c1-31-21-7-3-17(4-8-21)25(29)16-23(26(30)18-11-13-27-14-12-18)20-5-9-22-19(15-20)6-10-24(22)28-32-2/h3-5,7-9,11-15,23H,6,10,16H2,1-2H3/b28-24-. The number of aryl methyl sites for hydroxylation is 1. The Morgan fingerprint density at radius 2 is 1.72 bits per heavy atom. The molecule has 0 spiro atoms. The van der Waals surface area contributed by atoms with Crippen LogP contribution in [0.3, 0.4) is 0 Å². The normalized spacial score (nSPS) is 14.6. The van der Waals surface area contributed by atoms with Gasteiger partial charge in [0.2, 0.25) is 0 Å². The van der Waals surface area contributed by atoms with Crippen molar-refractivity contribution >= 4 is 17.3 Å². The van der Waals surface area contributed by atoms with Gasteiger partial charge in [-0.1, -0.05) is 23.4 Å². The first-order valence-corrected chi connectivity index (χ1v) is 10.5. The molecule has 0 saturated heterocycles. The van der Waals surface area contributed by atoms with Crippen molar-refractivity contribution in [3.8, 4) is 5.75 Å². The number of fused-ring (bicyclic) bond motifs is 1. The second-order valence-electron chi connectivity index (χ2n) is 7.65. The highest BCUT2D eigenvalue weighted by atomic mass is 16.6. The summed E-state index contributed by atoms with van der Waals surface area (Å²) in [6.45, 7) is 0. The van der Waals surface area contributed by atoms with E-state index < -0.39 is 5.92 Å². The summed E-state index contributed by atoms with van der Waals surface area (Å²) >= 11 is 0. The molecule has 1 atom stereocenters. The number of rotatable bonds is 8. The molecule has 1 aromatic heterocycles. The van der Waals surface area contributed by atoms with Crippen LogP contribution < -0.4 is 4.74 Å². The van der Waals surface area contributed by atoms with E-state index in [9.17, 15) is 9.59 Å². The summed E-state index contributed by atoms with van der Waals surface area (Å²) < 4.78 is 5.17. The summed E-state index contributed by atoms with van der Waals surface area (Å²) in [5, 5.41) is 4.10. The first-order valence-electron chi connectivity index (χ1n) is 10.5. The molecule has 1 aliphatic carbocycles. The Hall–Kier alpha value is -3.80. The number of Topliss-reactive ketones (excluding diaryl/α,β-unsaturated/α-hetero) is 2. The third-order valence-electron chi connectivity index (χ3n) is 5.76. The summed E-state index contributed by atoms with van der Waals surface area (Å²) in [6, 6.07) is 16.2. The van der Waals surface area contributed by atoms with Crippen LogP contribution in [0, 0.1) is 0 Å². The van der Waals surface area contributed by atoms with Gasteiger partial charge in [0.05, 0.1) is 18.7 Å². The van der Waals surface area contributed by atoms with Gasteiger partial charge in [-0.15, -0.1) is 0 Å². The third kappa shape index (κ3) is 4.44. The smallest absolute Gasteiger partial charge is 0.170 e. The van der Waals surface area contributed by atoms with E-state index in [1.165, 1.54) is 7.11 Å². The Labute approximate surface area is 186 Å². The number of carbonyl (C=O) groups excluding carboxylic acids is 2. The Morgan fingerprint density at radius 3 is 2.41 bits per heavy atom. The van der Waals surface area contributed by atoms with Gasteiger partial charge in [0.25, 0.3) is 0 Å². The lowest BCUT2D eigenvalue weighted by Crippen LogP contribution is -2.18. The molecule has 0 amide bonds. The van der Waals surface area contributed by atoms with Crippen molar-refractivity contribution < 1.29 is 19.2 Å². The average molecular weight is 428 g/mol. The molecule has 6 nitrogen and oxygen atoms in total. The van der Waals surface area contributed by atoms with Crippen molar-refractivity contribution in [1.82, 2.24) is 4.98 Å². The van der Waals surface area contributed by atoms with Gasteiger partial charge in [-0.2, -0.15) is 0 Å². The van der Waals surface area contributed by atoms with Crippen molar-refractivity contribution in [2.45, 2.75) is 25.2 Å². The molecule has 0 aliphatic heterocycles. The van der Waals surface area contributed by atoms with E-state index in [0.29, 0.717) is 16.9 Å². The number of aromatic nitrogens is 1. The number of methoxy groups -OCH3 is 1. The molecule has 0 fully saturated rings. The number of ketones is 2. The minimum absolute atomic E-state index is 0.0747. The maximum absolute atomic E-state index is 13.4. The van der Waals surface area contributed by atoms with E-state index in [0.717, 1.165) is 35.2 Å². The first-order chi connectivity index (χ1) is 15.6. The number of benzene rings is 2. The maximum atomic E-state index is 13.4. The number of ether oxygens (including phenoxy) is 1. The van der Waals surface area contributed by atoms with Gasteiger partial charge < -0.3 is 9.57 Å². The van der Waals surface area contributed by atoms with E-state index in [-0.39, 0.29) is 18.0 Å². The zero-order chi connectivity index (χ0) is 22.5. The van der Waals surface area contributed by atoms with Crippen molar-refractivity contribution in [3.63, 3.8) is 0 Å². The van der Waals surface area contributed by atoms with E-state index in [4.69, 9.17) is 9.57 Å². The largest absolute Gasteiger partial charge is 0.497 e. The fraction of sp³-hybridized carbons (Fsp3) is 0.231. The number of hydrogen-bond donors (Lipinski definition) is 0. The molecule has 3 aromatic rings. The van der Waals surface area contributed by atoms with Crippen LogP contribution in [0.15, 0.2) is 72.1 Å². The van der Waals surface area contributed by atoms with Crippen molar-refractivity contribution in [2.24, 2.45) is 5.16 Å². The predicted octanol–water partition coefficient (Wildman–Crippen LogP) is 4.63. The van der Waals surface area contributed by atoms with Crippen LogP contribution in [-0.4, -0.2) is 36.5 Å². The zero-order valence-corrected chi connectivity index (χ0v) is 18.1. The first kappa shape index (κ1) is 21.4. The fourth-order valence-electron chi connectivity index (χ4n) is 4.07. The molecule has 0 saturated carbocycles. The van der Waals surface area contributed by atoms with Gasteiger partial charge in [0.15, 0.2) is 11.6 Å². The summed E-state index contributed by atoms with van der Waals surface area (Å²) in [4.78, 5) is 35.5. The van der Waals surface area contributed by atoms with Crippen LogP contribution in [-0.2, 0) is 11.3 Å². The lowest BCUT2D eigenvalue weighted by atomic mass is 9.84. The summed E-state index contributed by atoms with van der Waals surface area (Å²) in [6.07, 6.45) is 4.87. The highest BCUT2D eigenvalue weighted by Crippen LogP contribution is 2.31. The quantitative estimate of drug-likeness (QED) is 0.386. The molecule has 4 rings (SSSR count). The summed E-state index contributed by atoms with van der Waals surface area (Å²) in [5.74, 6) is -0.112. The predicted molar refractivity (Wildman–Crippen MR) is 122 cm³/mol. The molecule has 6 heteroatoms. The molecule has 1 heterocycles.